The standard InChI is InChI=1S/C23H32ClNO5/c1-5-25(6-2)13-14-30-23-21(20(28-3)15-18(24)22(23)29-4)19(27)12-9-16-7-10-17(26)11-8-16/h7-8,10-11,15,19,26-27H,5-6,9,12-14H2,1-4H3. The largest absolute Gasteiger partial charge is 0.508 e. The molecule has 1 unspecified atom stereocenters. The summed E-state index contributed by atoms with van der Waals surface area (Å²) in [6, 6.07) is 8.58. The van der Waals surface area contributed by atoms with Gasteiger partial charge >= 0.3 is 0 Å². The van der Waals surface area contributed by atoms with Crippen LogP contribution in [-0.2, 0) is 6.42 Å². The van der Waals surface area contributed by atoms with Gasteiger partial charge in [0.05, 0.1) is 30.9 Å². The van der Waals surface area contributed by atoms with Gasteiger partial charge in [0, 0.05) is 12.6 Å². The maximum Gasteiger partial charge on any atom is 0.180 e. The average Bonchev–Trinajstić information content (AvgIpc) is 2.75. The van der Waals surface area contributed by atoms with Crippen LogP contribution >= 0.6 is 11.6 Å². The number of ether oxygens (including phenoxy) is 3. The first-order valence-electron chi connectivity index (χ1n) is 10.2. The molecule has 6 nitrogen and oxygen atoms in total. The smallest absolute Gasteiger partial charge is 0.180 e. The summed E-state index contributed by atoms with van der Waals surface area (Å²) in [5.41, 5.74) is 1.54. The van der Waals surface area contributed by atoms with E-state index in [1.807, 2.05) is 12.1 Å². The second-order valence-electron chi connectivity index (χ2n) is 6.93. The molecule has 0 amide bonds. The molecule has 0 spiro atoms. The highest BCUT2D eigenvalue weighted by atomic mass is 35.5. The summed E-state index contributed by atoms with van der Waals surface area (Å²) in [4.78, 5) is 2.25. The number of hydrogen-bond donors (Lipinski definition) is 2. The zero-order chi connectivity index (χ0) is 22.1. The van der Waals surface area contributed by atoms with Crippen LogP contribution in [0.25, 0.3) is 0 Å². The van der Waals surface area contributed by atoms with Crippen molar-refractivity contribution in [3.8, 4) is 23.0 Å². The fourth-order valence-electron chi connectivity index (χ4n) is 3.35. The van der Waals surface area contributed by atoms with Crippen LogP contribution in [0.3, 0.4) is 0 Å². The van der Waals surface area contributed by atoms with Crippen molar-refractivity contribution in [3.63, 3.8) is 0 Å². The molecule has 0 saturated heterocycles. The molecule has 0 aliphatic carbocycles. The monoisotopic (exact) mass is 437 g/mol. The second-order valence-corrected chi connectivity index (χ2v) is 7.34. The molecular weight excluding hydrogens is 406 g/mol. The molecular formula is C23H32ClNO5. The molecule has 2 N–H and O–H groups in total. The number of benzene rings is 2. The van der Waals surface area contributed by atoms with Crippen LogP contribution in [0, 0.1) is 0 Å². The maximum absolute atomic E-state index is 11.0. The molecule has 7 heteroatoms. The third-order valence-electron chi connectivity index (χ3n) is 5.14. The lowest BCUT2D eigenvalue weighted by Gasteiger charge is -2.24. The highest BCUT2D eigenvalue weighted by Crippen LogP contribution is 2.47. The minimum absolute atomic E-state index is 0.215. The molecule has 0 radical (unpaired) electrons. The highest BCUT2D eigenvalue weighted by molar-refractivity contribution is 6.32. The van der Waals surface area contributed by atoms with Crippen LogP contribution in [0.2, 0.25) is 5.02 Å². The summed E-state index contributed by atoms with van der Waals surface area (Å²) in [7, 11) is 3.06. The summed E-state index contributed by atoms with van der Waals surface area (Å²) in [6.07, 6.45) is 0.218. The van der Waals surface area contributed by atoms with Crippen molar-refractivity contribution in [2.45, 2.75) is 32.8 Å². The third kappa shape index (κ3) is 6.17. The number of nitrogens with zero attached hydrogens (tertiary/aromatic N) is 1. The number of aliphatic hydroxyl groups excluding tert-OH is 1. The van der Waals surface area contributed by atoms with Crippen molar-refractivity contribution >= 4 is 11.6 Å². The number of rotatable bonds is 12. The van der Waals surface area contributed by atoms with Gasteiger partial charge in [0.15, 0.2) is 11.5 Å². The molecule has 2 aromatic carbocycles. The number of aromatic hydroxyl groups is 1. The van der Waals surface area contributed by atoms with E-state index in [0.717, 1.165) is 25.2 Å². The van der Waals surface area contributed by atoms with Gasteiger partial charge in [0.1, 0.15) is 18.1 Å². The lowest BCUT2D eigenvalue weighted by Crippen LogP contribution is -2.28. The van der Waals surface area contributed by atoms with Gasteiger partial charge in [-0.05, 0) is 43.6 Å². The van der Waals surface area contributed by atoms with Gasteiger partial charge in [-0.15, -0.1) is 0 Å². The first-order chi connectivity index (χ1) is 14.4. The van der Waals surface area contributed by atoms with E-state index in [2.05, 4.69) is 18.7 Å². The number of aliphatic hydroxyl groups is 1. The van der Waals surface area contributed by atoms with Crippen LogP contribution in [0.1, 0.15) is 37.5 Å². The minimum Gasteiger partial charge on any atom is -0.508 e. The summed E-state index contributed by atoms with van der Waals surface area (Å²) in [5, 5.41) is 20.8. The molecule has 2 aromatic rings. The van der Waals surface area contributed by atoms with Gasteiger partial charge in [-0.3, -0.25) is 0 Å². The van der Waals surface area contributed by atoms with E-state index in [1.54, 1.807) is 18.2 Å². The van der Waals surface area contributed by atoms with E-state index < -0.39 is 6.10 Å². The predicted octanol–water partition coefficient (Wildman–Crippen LogP) is 4.45. The number of phenolic OH excluding ortho intramolecular Hbond substituents is 1. The summed E-state index contributed by atoms with van der Waals surface area (Å²) >= 11 is 6.37. The Balaban J connectivity index is 2.28. The zero-order valence-electron chi connectivity index (χ0n) is 18.2. The predicted molar refractivity (Wildman–Crippen MR) is 119 cm³/mol. The molecule has 2 rings (SSSR count). The average molecular weight is 438 g/mol. The van der Waals surface area contributed by atoms with E-state index in [9.17, 15) is 10.2 Å². The number of aryl methyl sites for hydroxylation is 1. The van der Waals surface area contributed by atoms with Crippen LogP contribution < -0.4 is 14.2 Å². The molecule has 1 atom stereocenters. The lowest BCUT2D eigenvalue weighted by atomic mass is 9.99. The summed E-state index contributed by atoms with van der Waals surface area (Å²) < 4.78 is 17.1. The Bertz CT molecular complexity index is 793. The lowest BCUT2D eigenvalue weighted by molar-refractivity contribution is 0.152. The maximum atomic E-state index is 11.0. The number of likely N-dealkylation sites (N-methyl/N-ethyl adjacent to an activating group) is 1. The third-order valence-corrected chi connectivity index (χ3v) is 5.42. The van der Waals surface area contributed by atoms with E-state index in [0.29, 0.717) is 47.3 Å². The minimum atomic E-state index is -0.844. The topological polar surface area (TPSA) is 71.4 Å². The molecule has 30 heavy (non-hydrogen) atoms. The summed E-state index contributed by atoms with van der Waals surface area (Å²) in [6.45, 7) is 7.24. The molecule has 0 aromatic heterocycles. The quantitative estimate of drug-likeness (QED) is 0.511. The fourth-order valence-corrected chi connectivity index (χ4v) is 3.61. The van der Waals surface area contributed by atoms with Crippen molar-refractivity contribution in [2.24, 2.45) is 0 Å². The summed E-state index contributed by atoms with van der Waals surface area (Å²) in [5.74, 6) is 1.46. The van der Waals surface area contributed by atoms with Gasteiger partial charge in [0.2, 0.25) is 0 Å². The molecule has 0 heterocycles. The SMILES string of the molecule is CCN(CC)CCOc1c(OC)c(Cl)cc(OC)c1C(O)CCc1ccc(O)cc1. The molecule has 0 saturated carbocycles. The normalized spacial score (nSPS) is 12.1. The van der Waals surface area contributed by atoms with Gasteiger partial charge in [0.25, 0.3) is 0 Å². The Kier molecular flexibility index (Phi) is 9.56. The Hall–Kier alpha value is -2.15. The molecule has 0 aliphatic rings. The van der Waals surface area contributed by atoms with E-state index in [1.165, 1.54) is 14.2 Å². The van der Waals surface area contributed by atoms with E-state index >= 15 is 0 Å². The Morgan fingerprint density at radius 1 is 1.03 bits per heavy atom. The van der Waals surface area contributed by atoms with E-state index in [-0.39, 0.29) is 5.75 Å². The van der Waals surface area contributed by atoms with Gasteiger partial charge in [-0.2, -0.15) is 0 Å². The van der Waals surface area contributed by atoms with Gasteiger partial charge < -0.3 is 29.3 Å². The Morgan fingerprint density at radius 2 is 1.70 bits per heavy atom. The van der Waals surface area contributed by atoms with Crippen LogP contribution in [0.4, 0.5) is 0 Å². The van der Waals surface area contributed by atoms with Crippen LogP contribution in [0.15, 0.2) is 30.3 Å². The van der Waals surface area contributed by atoms with E-state index in [4.69, 9.17) is 25.8 Å². The fraction of sp³-hybridized carbons (Fsp3) is 0.478. The van der Waals surface area contributed by atoms with Gasteiger partial charge in [-0.1, -0.05) is 37.6 Å². The Labute approximate surface area is 183 Å². The second kappa shape index (κ2) is 11.9. The highest BCUT2D eigenvalue weighted by Gasteiger charge is 2.26. The zero-order valence-corrected chi connectivity index (χ0v) is 18.9. The van der Waals surface area contributed by atoms with Crippen LogP contribution in [0.5, 0.6) is 23.0 Å². The van der Waals surface area contributed by atoms with Crippen molar-refractivity contribution in [2.75, 3.05) is 40.5 Å². The molecule has 0 fully saturated rings. The number of phenols is 1. The van der Waals surface area contributed by atoms with Crippen molar-refractivity contribution < 1.29 is 24.4 Å². The molecule has 0 aliphatic heterocycles. The Morgan fingerprint density at radius 3 is 2.27 bits per heavy atom. The number of halogens is 1. The first kappa shape index (κ1) is 24.1. The van der Waals surface area contributed by atoms with Crippen molar-refractivity contribution in [3.05, 3.63) is 46.5 Å². The van der Waals surface area contributed by atoms with Crippen molar-refractivity contribution in [1.29, 1.82) is 0 Å². The number of methoxy groups -OCH3 is 2. The molecule has 166 valence electrons. The molecule has 0 bridgehead atoms. The van der Waals surface area contributed by atoms with Gasteiger partial charge in [-0.25, -0.2) is 0 Å². The van der Waals surface area contributed by atoms with Crippen molar-refractivity contribution in [1.82, 2.24) is 4.90 Å². The van der Waals surface area contributed by atoms with Crippen LogP contribution in [-0.4, -0.2) is 55.6 Å². The first-order valence-corrected chi connectivity index (χ1v) is 10.6. The number of hydrogen-bond acceptors (Lipinski definition) is 6.